The molecule has 0 aromatic heterocycles. The van der Waals surface area contributed by atoms with Crippen LogP contribution in [0.5, 0.6) is 0 Å². The number of hydrogen-bond acceptors (Lipinski definition) is 4. The van der Waals surface area contributed by atoms with Crippen LogP contribution in [0.2, 0.25) is 0 Å². The van der Waals surface area contributed by atoms with Gasteiger partial charge in [-0.25, -0.2) is 4.79 Å². The molecule has 0 aliphatic heterocycles. The van der Waals surface area contributed by atoms with Crippen LogP contribution < -0.4 is 10.6 Å². The van der Waals surface area contributed by atoms with Crippen molar-refractivity contribution in [3.8, 4) is 11.1 Å². The first-order valence-electron chi connectivity index (χ1n) is 10.5. The summed E-state index contributed by atoms with van der Waals surface area (Å²) in [6.45, 7) is 2.28. The molecule has 2 aliphatic rings. The van der Waals surface area contributed by atoms with E-state index in [-0.39, 0.29) is 36.7 Å². The first-order chi connectivity index (χ1) is 14.9. The lowest BCUT2D eigenvalue weighted by Gasteiger charge is -2.14. The van der Waals surface area contributed by atoms with Crippen LogP contribution in [0.1, 0.15) is 36.8 Å². The van der Waals surface area contributed by atoms with Gasteiger partial charge in [0.15, 0.2) is 0 Å². The molecule has 2 aliphatic carbocycles. The number of rotatable bonds is 8. The molecule has 0 bridgehead atoms. The summed E-state index contributed by atoms with van der Waals surface area (Å²) in [6, 6.07) is 15.9. The topological polar surface area (TPSA) is 105 Å². The van der Waals surface area contributed by atoms with Gasteiger partial charge in [0.1, 0.15) is 6.61 Å². The molecule has 0 heterocycles. The summed E-state index contributed by atoms with van der Waals surface area (Å²) in [4.78, 5) is 35.1. The maximum atomic E-state index is 12.2. The average Bonchev–Trinajstić information content (AvgIpc) is 3.46. The summed E-state index contributed by atoms with van der Waals surface area (Å²) >= 11 is 0. The Balaban J connectivity index is 1.24. The first-order valence-corrected chi connectivity index (χ1v) is 10.5. The number of carboxylic acid groups (broad SMARTS) is 1. The molecule has 0 saturated heterocycles. The Morgan fingerprint density at radius 1 is 1.06 bits per heavy atom. The number of carboxylic acids is 1. The quantitative estimate of drug-likeness (QED) is 0.606. The fourth-order valence-electron chi connectivity index (χ4n) is 4.32. The zero-order valence-corrected chi connectivity index (χ0v) is 17.3. The number of amides is 2. The van der Waals surface area contributed by atoms with E-state index < -0.39 is 18.1 Å². The highest BCUT2D eigenvalue weighted by molar-refractivity contribution is 5.82. The molecule has 1 saturated carbocycles. The molecule has 0 radical (unpaired) electrons. The summed E-state index contributed by atoms with van der Waals surface area (Å²) in [5.74, 6) is -1.24. The van der Waals surface area contributed by atoms with Crippen LogP contribution >= 0.6 is 0 Å². The summed E-state index contributed by atoms with van der Waals surface area (Å²) in [5, 5.41) is 14.2. The number of ether oxygens (including phenoxy) is 1. The van der Waals surface area contributed by atoms with Crippen LogP contribution in [0, 0.1) is 11.8 Å². The average molecular weight is 422 g/mol. The van der Waals surface area contributed by atoms with Crippen molar-refractivity contribution in [2.45, 2.75) is 31.7 Å². The van der Waals surface area contributed by atoms with Crippen LogP contribution in [0.25, 0.3) is 11.1 Å². The van der Waals surface area contributed by atoms with Gasteiger partial charge < -0.3 is 20.5 Å². The predicted octanol–water partition coefficient (Wildman–Crippen LogP) is 3.14. The van der Waals surface area contributed by atoms with Crippen molar-refractivity contribution >= 4 is 18.0 Å². The Morgan fingerprint density at radius 2 is 1.68 bits per heavy atom. The Bertz CT molecular complexity index is 959. The molecule has 1 fully saturated rings. The fourth-order valence-corrected chi connectivity index (χ4v) is 4.32. The van der Waals surface area contributed by atoms with Gasteiger partial charge in [0.2, 0.25) is 5.91 Å². The Morgan fingerprint density at radius 3 is 2.29 bits per heavy atom. The standard InChI is InChI=1S/C24H26N2O5/c1-14(10-22(27)28)26-23(29)20-11-15(20)12-25-24(30)31-13-21-18-8-4-2-6-16(18)17-7-3-5-9-19(17)21/h2-9,14-15,20-21H,10-13H2,1H3,(H,25,30)(H,26,29)(H,27,28). The van der Waals surface area contributed by atoms with Gasteiger partial charge in [0.25, 0.3) is 0 Å². The highest BCUT2D eigenvalue weighted by Gasteiger charge is 2.43. The number of hydrogen-bond donors (Lipinski definition) is 3. The number of carbonyl (C=O) groups is 3. The lowest BCUT2D eigenvalue weighted by atomic mass is 9.98. The molecule has 7 heteroatoms. The number of carbonyl (C=O) groups excluding carboxylic acids is 2. The Labute approximate surface area is 180 Å². The van der Waals surface area contributed by atoms with E-state index in [1.54, 1.807) is 6.92 Å². The zero-order valence-electron chi connectivity index (χ0n) is 17.3. The maximum absolute atomic E-state index is 12.2. The molecule has 2 amide bonds. The molecule has 3 unspecified atom stereocenters. The molecule has 7 nitrogen and oxygen atoms in total. The van der Waals surface area contributed by atoms with E-state index in [1.165, 1.54) is 11.1 Å². The van der Waals surface area contributed by atoms with Gasteiger partial charge in [0, 0.05) is 24.4 Å². The lowest BCUT2D eigenvalue weighted by molar-refractivity contribution is -0.137. The lowest BCUT2D eigenvalue weighted by Crippen LogP contribution is -2.36. The van der Waals surface area contributed by atoms with Crippen molar-refractivity contribution in [3.63, 3.8) is 0 Å². The van der Waals surface area contributed by atoms with Crippen molar-refractivity contribution in [1.82, 2.24) is 10.6 Å². The van der Waals surface area contributed by atoms with E-state index in [0.29, 0.717) is 13.0 Å². The van der Waals surface area contributed by atoms with E-state index in [0.717, 1.165) is 11.1 Å². The molecule has 2 aromatic carbocycles. The molecule has 3 N–H and O–H groups in total. The van der Waals surface area contributed by atoms with E-state index >= 15 is 0 Å². The van der Waals surface area contributed by atoms with E-state index in [4.69, 9.17) is 9.84 Å². The largest absolute Gasteiger partial charge is 0.481 e. The van der Waals surface area contributed by atoms with Gasteiger partial charge in [-0.05, 0) is 41.5 Å². The van der Waals surface area contributed by atoms with Gasteiger partial charge in [-0.2, -0.15) is 0 Å². The second kappa shape index (κ2) is 8.79. The smallest absolute Gasteiger partial charge is 0.407 e. The van der Waals surface area contributed by atoms with Crippen LogP contribution in [0.3, 0.4) is 0 Å². The summed E-state index contributed by atoms with van der Waals surface area (Å²) in [6.07, 6.45) is 0.0725. The molecule has 31 heavy (non-hydrogen) atoms. The molecular formula is C24H26N2O5. The predicted molar refractivity (Wildman–Crippen MR) is 115 cm³/mol. The third-order valence-electron chi connectivity index (χ3n) is 5.98. The normalized spacial score (nSPS) is 19.6. The van der Waals surface area contributed by atoms with Crippen LogP contribution in [-0.2, 0) is 14.3 Å². The SMILES string of the molecule is CC(CC(=O)O)NC(=O)C1CC1CNC(=O)OCC1c2ccccc2-c2ccccc21. The van der Waals surface area contributed by atoms with Crippen molar-refractivity contribution in [3.05, 3.63) is 59.7 Å². The van der Waals surface area contributed by atoms with Crippen LogP contribution in [0.15, 0.2) is 48.5 Å². The summed E-state index contributed by atoms with van der Waals surface area (Å²) in [7, 11) is 0. The number of aliphatic carboxylic acids is 1. The molecule has 2 aromatic rings. The molecule has 4 rings (SSSR count). The van der Waals surface area contributed by atoms with E-state index in [1.807, 2.05) is 24.3 Å². The minimum absolute atomic E-state index is 0.00771. The second-order valence-corrected chi connectivity index (χ2v) is 8.32. The zero-order chi connectivity index (χ0) is 22.0. The van der Waals surface area contributed by atoms with E-state index in [2.05, 4.69) is 34.9 Å². The highest BCUT2D eigenvalue weighted by atomic mass is 16.5. The number of fused-ring (bicyclic) bond motifs is 3. The minimum atomic E-state index is -0.947. The van der Waals surface area contributed by atoms with Gasteiger partial charge in [0.05, 0.1) is 6.42 Å². The van der Waals surface area contributed by atoms with Gasteiger partial charge in [-0.15, -0.1) is 0 Å². The van der Waals surface area contributed by atoms with Crippen molar-refractivity contribution in [2.24, 2.45) is 11.8 Å². The minimum Gasteiger partial charge on any atom is -0.481 e. The second-order valence-electron chi connectivity index (χ2n) is 8.32. The third-order valence-corrected chi connectivity index (χ3v) is 5.98. The maximum Gasteiger partial charge on any atom is 0.407 e. The van der Waals surface area contributed by atoms with Gasteiger partial charge in [-0.3, -0.25) is 9.59 Å². The Kier molecular flexibility index (Phi) is 5.93. The highest BCUT2D eigenvalue weighted by Crippen LogP contribution is 2.44. The third kappa shape index (κ3) is 4.71. The van der Waals surface area contributed by atoms with Crippen LogP contribution in [-0.4, -0.2) is 42.3 Å². The number of alkyl carbamates (subject to hydrolysis) is 1. The molecule has 0 spiro atoms. The number of benzene rings is 2. The molecule has 3 atom stereocenters. The fraction of sp³-hybridized carbons (Fsp3) is 0.375. The van der Waals surface area contributed by atoms with Gasteiger partial charge in [-0.1, -0.05) is 48.5 Å². The van der Waals surface area contributed by atoms with Crippen molar-refractivity contribution < 1.29 is 24.2 Å². The number of nitrogens with one attached hydrogen (secondary N) is 2. The Hall–Kier alpha value is -3.35. The molecular weight excluding hydrogens is 396 g/mol. The van der Waals surface area contributed by atoms with Crippen molar-refractivity contribution in [1.29, 1.82) is 0 Å². The van der Waals surface area contributed by atoms with Crippen molar-refractivity contribution in [2.75, 3.05) is 13.2 Å². The molecule has 162 valence electrons. The summed E-state index contributed by atoms with van der Waals surface area (Å²) in [5.41, 5.74) is 4.67. The summed E-state index contributed by atoms with van der Waals surface area (Å²) < 4.78 is 5.51. The monoisotopic (exact) mass is 422 g/mol. The van der Waals surface area contributed by atoms with Gasteiger partial charge >= 0.3 is 12.1 Å². The first kappa shape index (κ1) is 20.9. The van der Waals surface area contributed by atoms with E-state index in [9.17, 15) is 14.4 Å². The van der Waals surface area contributed by atoms with Crippen LogP contribution in [0.4, 0.5) is 4.79 Å².